The molecule has 0 spiro atoms. The van der Waals surface area contributed by atoms with Crippen LogP contribution in [0, 0.1) is 5.92 Å². The Labute approximate surface area is 72.5 Å². The van der Waals surface area contributed by atoms with E-state index in [2.05, 4.69) is 5.32 Å². The van der Waals surface area contributed by atoms with Gasteiger partial charge in [0.15, 0.2) is 0 Å². The van der Waals surface area contributed by atoms with Crippen LogP contribution in [0.1, 0.15) is 26.2 Å². The topological polar surface area (TPSA) is 12.0 Å². The van der Waals surface area contributed by atoms with E-state index in [1.165, 1.54) is 0 Å². The predicted molar refractivity (Wildman–Crippen MR) is 45.7 cm³/mol. The molecule has 12 heavy (non-hydrogen) atoms. The summed E-state index contributed by atoms with van der Waals surface area (Å²) in [6.07, 6.45) is -0.801. The molecular weight excluding hydrogens is 160 g/mol. The minimum Gasteiger partial charge on any atom is -0.317 e. The SMILES string of the molecule is CCNCC1CCC(F)C(F)C1. The van der Waals surface area contributed by atoms with Gasteiger partial charge in [-0.25, -0.2) is 8.78 Å². The molecule has 1 saturated carbocycles. The van der Waals surface area contributed by atoms with Gasteiger partial charge in [0.25, 0.3) is 0 Å². The van der Waals surface area contributed by atoms with E-state index in [0.29, 0.717) is 18.8 Å². The Morgan fingerprint density at radius 2 is 2.00 bits per heavy atom. The van der Waals surface area contributed by atoms with Crippen molar-refractivity contribution >= 4 is 0 Å². The predicted octanol–water partition coefficient (Wildman–Crippen LogP) is 2.07. The van der Waals surface area contributed by atoms with E-state index in [-0.39, 0.29) is 0 Å². The van der Waals surface area contributed by atoms with E-state index in [1.54, 1.807) is 0 Å². The molecule has 3 heteroatoms. The van der Waals surface area contributed by atoms with Crippen molar-refractivity contribution in [3.63, 3.8) is 0 Å². The lowest BCUT2D eigenvalue weighted by Gasteiger charge is -2.27. The Bertz CT molecular complexity index is 128. The molecule has 1 rings (SSSR count). The molecule has 0 amide bonds. The van der Waals surface area contributed by atoms with Crippen molar-refractivity contribution in [3.05, 3.63) is 0 Å². The third-order valence-electron chi connectivity index (χ3n) is 2.48. The van der Waals surface area contributed by atoms with Crippen LogP contribution in [0.2, 0.25) is 0 Å². The number of nitrogens with one attached hydrogen (secondary N) is 1. The zero-order valence-electron chi connectivity index (χ0n) is 7.52. The fraction of sp³-hybridized carbons (Fsp3) is 1.00. The summed E-state index contributed by atoms with van der Waals surface area (Å²) in [6.45, 7) is 3.77. The van der Waals surface area contributed by atoms with E-state index >= 15 is 0 Å². The first kappa shape index (κ1) is 9.90. The van der Waals surface area contributed by atoms with Gasteiger partial charge in [0, 0.05) is 0 Å². The maximum atomic E-state index is 12.9. The van der Waals surface area contributed by atoms with Gasteiger partial charge in [-0.3, -0.25) is 0 Å². The number of halogens is 2. The summed E-state index contributed by atoms with van der Waals surface area (Å²) >= 11 is 0. The number of hydrogen-bond acceptors (Lipinski definition) is 1. The highest BCUT2D eigenvalue weighted by molar-refractivity contribution is 4.80. The summed E-state index contributed by atoms with van der Waals surface area (Å²) in [5.41, 5.74) is 0. The monoisotopic (exact) mass is 177 g/mol. The standard InChI is InChI=1S/C9H17F2N/c1-2-12-6-7-3-4-8(10)9(11)5-7/h7-9,12H,2-6H2,1H3. The lowest BCUT2D eigenvalue weighted by atomic mass is 9.87. The third kappa shape index (κ3) is 2.70. The average molecular weight is 177 g/mol. The molecule has 1 N–H and O–H groups in total. The molecule has 0 radical (unpaired) electrons. The van der Waals surface area contributed by atoms with E-state index in [4.69, 9.17) is 0 Å². The van der Waals surface area contributed by atoms with Crippen LogP contribution < -0.4 is 5.32 Å². The molecule has 0 bridgehead atoms. The highest BCUT2D eigenvalue weighted by Crippen LogP contribution is 2.28. The van der Waals surface area contributed by atoms with Crippen molar-refractivity contribution in [2.75, 3.05) is 13.1 Å². The average Bonchev–Trinajstić information content (AvgIpc) is 2.07. The summed E-state index contributed by atoms with van der Waals surface area (Å²) in [5, 5.41) is 3.16. The minimum absolute atomic E-state index is 0.340. The van der Waals surface area contributed by atoms with Crippen molar-refractivity contribution in [2.45, 2.75) is 38.5 Å². The maximum Gasteiger partial charge on any atom is 0.131 e. The highest BCUT2D eigenvalue weighted by atomic mass is 19.2. The van der Waals surface area contributed by atoms with E-state index in [1.807, 2.05) is 6.92 Å². The molecule has 1 nitrogen and oxygen atoms in total. The quantitative estimate of drug-likeness (QED) is 0.696. The molecule has 3 atom stereocenters. The van der Waals surface area contributed by atoms with Crippen LogP contribution in [0.3, 0.4) is 0 Å². The molecule has 72 valence electrons. The second kappa shape index (κ2) is 4.75. The first-order chi connectivity index (χ1) is 5.74. The Morgan fingerprint density at radius 1 is 1.25 bits per heavy atom. The Kier molecular flexibility index (Phi) is 3.92. The molecule has 0 aromatic rings. The molecule has 1 fully saturated rings. The summed E-state index contributed by atoms with van der Waals surface area (Å²) in [4.78, 5) is 0. The minimum atomic E-state index is -1.22. The molecule has 0 aliphatic heterocycles. The van der Waals surface area contributed by atoms with Gasteiger partial charge < -0.3 is 5.32 Å². The fourth-order valence-corrected chi connectivity index (χ4v) is 1.69. The molecule has 0 saturated heterocycles. The van der Waals surface area contributed by atoms with Gasteiger partial charge in [-0.1, -0.05) is 6.92 Å². The number of hydrogen-bond donors (Lipinski definition) is 1. The van der Waals surface area contributed by atoms with Gasteiger partial charge in [0.05, 0.1) is 0 Å². The van der Waals surface area contributed by atoms with Gasteiger partial charge in [0.1, 0.15) is 12.3 Å². The second-order valence-electron chi connectivity index (χ2n) is 3.52. The van der Waals surface area contributed by atoms with Gasteiger partial charge in [-0.2, -0.15) is 0 Å². The molecule has 0 aromatic carbocycles. The summed E-state index contributed by atoms with van der Waals surface area (Å²) in [7, 11) is 0. The summed E-state index contributed by atoms with van der Waals surface area (Å²) in [5.74, 6) is 0.340. The highest BCUT2D eigenvalue weighted by Gasteiger charge is 2.29. The molecule has 3 unspecified atom stereocenters. The number of rotatable bonds is 3. The lowest BCUT2D eigenvalue weighted by Crippen LogP contribution is -2.33. The second-order valence-corrected chi connectivity index (χ2v) is 3.52. The van der Waals surface area contributed by atoms with Crippen molar-refractivity contribution in [2.24, 2.45) is 5.92 Å². The Morgan fingerprint density at radius 3 is 2.58 bits per heavy atom. The molecule has 1 aliphatic carbocycles. The largest absolute Gasteiger partial charge is 0.317 e. The fourth-order valence-electron chi connectivity index (χ4n) is 1.69. The molecule has 0 heterocycles. The van der Waals surface area contributed by atoms with Crippen LogP contribution in [0.15, 0.2) is 0 Å². The van der Waals surface area contributed by atoms with Crippen molar-refractivity contribution in [3.8, 4) is 0 Å². The van der Waals surface area contributed by atoms with Gasteiger partial charge >= 0.3 is 0 Å². The van der Waals surface area contributed by atoms with Gasteiger partial charge in [-0.05, 0) is 38.3 Å². The Balaban J connectivity index is 2.21. The molecular formula is C9H17F2N. The van der Waals surface area contributed by atoms with Crippen molar-refractivity contribution in [1.82, 2.24) is 5.32 Å². The first-order valence-electron chi connectivity index (χ1n) is 4.73. The van der Waals surface area contributed by atoms with Crippen LogP contribution in [0.25, 0.3) is 0 Å². The molecule has 1 aliphatic rings. The summed E-state index contributed by atoms with van der Waals surface area (Å²) < 4.78 is 25.5. The zero-order chi connectivity index (χ0) is 8.97. The third-order valence-corrected chi connectivity index (χ3v) is 2.48. The zero-order valence-corrected chi connectivity index (χ0v) is 7.52. The van der Waals surface area contributed by atoms with E-state index < -0.39 is 12.3 Å². The van der Waals surface area contributed by atoms with E-state index in [0.717, 1.165) is 19.5 Å². The van der Waals surface area contributed by atoms with Crippen molar-refractivity contribution < 1.29 is 8.78 Å². The first-order valence-corrected chi connectivity index (χ1v) is 4.73. The lowest BCUT2D eigenvalue weighted by molar-refractivity contribution is 0.0895. The smallest absolute Gasteiger partial charge is 0.131 e. The maximum absolute atomic E-state index is 12.9. The van der Waals surface area contributed by atoms with Crippen LogP contribution in [0.5, 0.6) is 0 Å². The summed E-state index contributed by atoms with van der Waals surface area (Å²) in [6, 6.07) is 0. The number of alkyl halides is 2. The Hall–Kier alpha value is -0.180. The van der Waals surface area contributed by atoms with Crippen molar-refractivity contribution in [1.29, 1.82) is 0 Å². The van der Waals surface area contributed by atoms with Crippen LogP contribution >= 0.6 is 0 Å². The molecule has 0 aromatic heterocycles. The van der Waals surface area contributed by atoms with Gasteiger partial charge in [0.2, 0.25) is 0 Å². The normalized spacial score (nSPS) is 36.8. The van der Waals surface area contributed by atoms with E-state index in [9.17, 15) is 8.78 Å². The van der Waals surface area contributed by atoms with Crippen LogP contribution in [-0.4, -0.2) is 25.4 Å². The van der Waals surface area contributed by atoms with Gasteiger partial charge in [-0.15, -0.1) is 0 Å². The van der Waals surface area contributed by atoms with Crippen LogP contribution in [-0.2, 0) is 0 Å². The van der Waals surface area contributed by atoms with Crippen LogP contribution in [0.4, 0.5) is 8.78 Å².